The molecule has 2 aromatic heterocycles. The Morgan fingerprint density at radius 2 is 0.825 bits per heavy atom. The average molecular weight is 513 g/mol. The predicted molar refractivity (Wildman–Crippen MR) is 168 cm³/mol. The highest BCUT2D eigenvalue weighted by Gasteiger charge is 2.14. The van der Waals surface area contributed by atoms with Gasteiger partial charge in [0.2, 0.25) is 0 Å². The van der Waals surface area contributed by atoms with Gasteiger partial charge in [0.1, 0.15) is 0 Å². The Morgan fingerprint density at radius 1 is 0.400 bits per heavy atom. The maximum atomic E-state index is 4.72. The first kappa shape index (κ1) is 24.0. The average Bonchev–Trinajstić information content (AvgIpc) is 3.00. The van der Waals surface area contributed by atoms with E-state index >= 15 is 0 Å². The summed E-state index contributed by atoms with van der Waals surface area (Å²) in [6.45, 7) is 4.23. The predicted octanol–water partition coefficient (Wildman–Crippen LogP) is 10.1. The SMILES string of the molecule is Cc1ccnc(-c2cc(-c3ccccc3)c3cc4cc(-c5cc(C)ccn5)cc(-c5ccccc5)c4cc3c2)c1. The van der Waals surface area contributed by atoms with Crippen molar-refractivity contribution in [1.82, 2.24) is 9.97 Å². The lowest BCUT2D eigenvalue weighted by molar-refractivity contribution is 1.29. The number of hydrogen-bond acceptors (Lipinski definition) is 2. The third kappa shape index (κ3) is 4.44. The molecule has 0 atom stereocenters. The van der Waals surface area contributed by atoms with Gasteiger partial charge in [-0.25, -0.2) is 0 Å². The minimum Gasteiger partial charge on any atom is -0.256 e. The maximum Gasteiger partial charge on any atom is 0.0705 e. The molecule has 2 heteroatoms. The fourth-order valence-electron chi connectivity index (χ4n) is 5.62. The van der Waals surface area contributed by atoms with Crippen molar-refractivity contribution < 1.29 is 0 Å². The number of nitrogens with zero attached hydrogens (tertiary/aromatic N) is 2. The van der Waals surface area contributed by atoms with Crippen LogP contribution in [-0.4, -0.2) is 9.97 Å². The minimum atomic E-state index is 0.989. The van der Waals surface area contributed by atoms with E-state index in [0.717, 1.165) is 22.5 Å². The lowest BCUT2D eigenvalue weighted by Crippen LogP contribution is -1.91. The number of aromatic nitrogens is 2. The van der Waals surface area contributed by atoms with Gasteiger partial charge in [0.25, 0.3) is 0 Å². The highest BCUT2D eigenvalue weighted by atomic mass is 14.7. The Balaban J connectivity index is 1.57. The minimum absolute atomic E-state index is 0.989. The largest absolute Gasteiger partial charge is 0.256 e. The molecule has 40 heavy (non-hydrogen) atoms. The van der Waals surface area contributed by atoms with Crippen LogP contribution in [0, 0.1) is 13.8 Å². The zero-order valence-corrected chi connectivity index (χ0v) is 22.6. The lowest BCUT2D eigenvalue weighted by atomic mass is 9.89. The van der Waals surface area contributed by atoms with Crippen molar-refractivity contribution in [2.24, 2.45) is 0 Å². The Labute approximate surface area is 234 Å². The van der Waals surface area contributed by atoms with Crippen LogP contribution in [0.4, 0.5) is 0 Å². The number of hydrogen-bond donors (Lipinski definition) is 0. The molecule has 190 valence electrons. The lowest BCUT2D eigenvalue weighted by Gasteiger charge is -2.16. The fraction of sp³-hybridized carbons (Fsp3) is 0.0526. The fourth-order valence-corrected chi connectivity index (χ4v) is 5.62. The number of fused-ring (bicyclic) bond motifs is 2. The Morgan fingerprint density at radius 3 is 1.23 bits per heavy atom. The van der Waals surface area contributed by atoms with E-state index in [2.05, 4.69) is 123 Å². The third-order valence-corrected chi connectivity index (χ3v) is 7.62. The van der Waals surface area contributed by atoms with Crippen molar-refractivity contribution >= 4 is 21.5 Å². The van der Waals surface area contributed by atoms with Crippen molar-refractivity contribution in [1.29, 1.82) is 0 Å². The van der Waals surface area contributed by atoms with Crippen molar-refractivity contribution in [3.05, 3.63) is 145 Å². The molecule has 0 saturated heterocycles. The first-order valence-corrected chi connectivity index (χ1v) is 13.6. The summed E-state index contributed by atoms with van der Waals surface area (Å²) in [5.41, 5.74) is 11.4. The van der Waals surface area contributed by atoms with E-state index in [1.165, 1.54) is 54.9 Å². The van der Waals surface area contributed by atoms with E-state index in [0.29, 0.717) is 0 Å². The third-order valence-electron chi connectivity index (χ3n) is 7.62. The van der Waals surface area contributed by atoms with Crippen LogP contribution in [0.2, 0.25) is 0 Å². The quantitative estimate of drug-likeness (QED) is 0.219. The molecule has 0 aliphatic rings. The molecule has 0 spiro atoms. The molecule has 7 aromatic rings. The first-order valence-electron chi connectivity index (χ1n) is 13.6. The van der Waals surface area contributed by atoms with Gasteiger partial charge in [0, 0.05) is 23.5 Å². The summed E-state index contributed by atoms with van der Waals surface area (Å²) in [4.78, 5) is 9.45. The number of rotatable bonds is 4. The molecule has 0 N–H and O–H groups in total. The molecule has 2 heterocycles. The molecular formula is C38H28N2. The maximum absolute atomic E-state index is 4.72. The molecule has 7 rings (SSSR count). The van der Waals surface area contributed by atoms with Crippen LogP contribution in [0.1, 0.15) is 11.1 Å². The normalized spacial score (nSPS) is 11.2. The van der Waals surface area contributed by atoms with Crippen molar-refractivity contribution in [2.75, 3.05) is 0 Å². The topological polar surface area (TPSA) is 25.8 Å². The van der Waals surface area contributed by atoms with Gasteiger partial charge < -0.3 is 0 Å². The highest BCUT2D eigenvalue weighted by molar-refractivity contribution is 6.11. The van der Waals surface area contributed by atoms with Gasteiger partial charge >= 0.3 is 0 Å². The van der Waals surface area contributed by atoms with E-state index in [9.17, 15) is 0 Å². The van der Waals surface area contributed by atoms with E-state index in [1.54, 1.807) is 0 Å². The second-order valence-electron chi connectivity index (χ2n) is 10.5. The molecule has 2 nitrogen and oxygen atoms in total. The van der Waals surface area contributed by atoms with Gasteiger partial charge in [-0.3, -0.25) is 9.97 Å². The molecule has 0 radical (unpaired) electrons. The molecule has 5 aromatic carbocycles. The van der Waals surface area contributed by atoms with Crippen LogP contribution in [0.3, 0.4) is 0 Å². The summed E-state index contributed by atoms with van der Waals surface area (Å²) < 4.78 is 0. The number of aryl methyl sites for hydroxylation is 2. The van der Waals surface area contributed by atoms with E-state index in [1.807, 2.05) is 24.5 Å². The summed E-state index contributed by atoms with van der Waals surface area (Å²) in [6, 6.07) is 43.6. The zero-order chi connectivity index (χ0) is 27.1. The summed E-state index contributed by atoms with van der Waals surface area (Å²) in [7, 11) is 0. The Hall–Kier alpha value is -5.08. The molecule has 0 aliphatic carbocycles. The van der Waals surface area contributed by atoms with Gasteiger partial charge in [-0.05, 0) is 129 Å². The second kappa shape index (κ2) is 9.91. The standard InChI is InChI=1S/C38H28N2/c1-25-13-15-39-37(17-25)31-19-29-21-36-30(22-35(29)33(23-31)27-9-5-3-6-10-27)20-32(38-18-26(2)14-16-40-38)24-34(36)28-11-7-4-8-12-28/h3-24H,1-2H3. The molecule has 0 bridgehead atoms. The smallest absolute Gasteiger partial charge is 0.0705 e. The molecule has 0 saturated carbocycles. The van der Waals surface area contributed by atoms with E-state index in [-0.39, 0.29) is 0 Å². The summed E-state index contributed by atoms with van der Waals surface area (Å²) in [5, 5.41) is 4.85. The van der Waals surface area contributed by atoms with Gasteiger partial charge in [0.15, 0.2) is 0 Å². The van der Waals surface area contributed by atoms with Crippen molar-refractivity contribution in [2.45, 2.75) is 13.8 Å². The van der Waals surface area contributed by atoms with Crippen LogP contribution >= 0.6 is 0 Å². The Kier molecular flexibility index (Phi) is 5.94. The van der Waals surface area contributed by atoms with Crippen molar-refractivity contribution in [3.63, 3.8) is 0 Å². The van der Waals surface area contributed by atoms with Gasteiger partial charge in [-0.2, -0.15) is 0 Å². The van der Waals surface area contributed by atoms with Crippen LogP contribution in [-0.2, 0) is 0 Å². The van der Waals surface area contributed by atoms with E-state index < -0.39 is 0 Å². The first-order chi connectivity index (χ1) is 19.6. The van der Waals surface area contributed by atoms with Gasteiger partial charge in [-0.1, -0.05) is 60.7 Å². The number of benzene rings is 5. The molecule has 0 unspecified atom stereocenters. The highest BCUT2D eigenvalue weighted by Crippen LogP contribution is 2.40. The molecular weight excluding hydrogens is 484 g/mol. The molecule has 0 aliphatic heterocycles. The van der Waals surface area contributed by atoms with E-state index in [4.69, 9.17) is 9.97 Å². The van der Waals surface area contributed by atoms with Crippen LogP contribution < -0.4 is 0 Å². The molecule has 0 amide bonds. The monoisotopic (exact) mass is 512 g/mol. The van der Waals surface area contributed by atoms with Gasteiger partial charge in [-0.15, -0.1) is 0 Å². The van der Waals surface area contributed by atoms with Crippen LogP contribution in [0.5, 0.6) is 0 Å². The van der Waals surface area contributed by atoms with Crippen LogP contribution in [0.15, 0.2) is 134 Å². The zero-order valence-electron chi connectivity index (χ0n) is 22.6. The van der Waals surface area contributed by atoms with Crippen molar-refractivity contribution in [3.8, 4) is 44.8 Å². The summed E-state index contributed by atoms with van der Waals surface area (Å²) in [6.07, 6.45) is 3.79. The summed E-state index contributed by atoms with van der Waals surface area (Å²) >= 11 is 0. The number of pyridine rings is 2. The molecule has 0 fully saturated rings. The van der Waals surface area contributed by atoms with Crippen LogP contribution in [0.25, 0.3) is 66.3 Å². The second-order valence-corrected chi connectivity index (χ2v) is 10.5. The van der Waals surface area contributed by atoms with Gasteiger partial charge in [0.05, 0.1) is 11.4 Å². The Bertz CT molecular complexity index is 1860. The summed E-state index contributed by atoms with van der Waals surface area (Å²) in [5.74, 6) is 0.